The van der Waals surface area contributed by atoms with E-state index in [2.05, 4.69) is 17.4 Å². The molecule has 1 aromatic carbocycles. The molecule has 0 radical (unpaired) electrons. The normalized spacial score (nSPS) is 24.1. The van der Waals surface area contributed by atoms with Crippen molar-refractivity contribution in [2.45, 2.75) is 44.2 Å². The van der Waals surface area contributed by atoms with Gasteiger partial charge >= 0.3 is 0 Å². The second-order valence-electron chi connectivity index (χ2n) is 5.63. The van der Waals surface area contributed by atoms with Gasteiger partial charge in [-0.1, -0.05) is 30.3 Å². The molecule has 1 heterocycles. The van der Waals surface area contributed by atoms with Crippen molar-refractivity contribution in [1.82, 2.24) is 5.32 Å². The Labute approximate surface area is 114 Å². The third-order valence-corrected chi connectivity index (χ3v) is 4.01. The second-order valence-corrected chi connectivity index (χ2v) is 5.63. The Morgan fingerprint density at radius 1 is 1.26 bits per heavy atom. The van der Waals surface area contributed by atoms with E-state index < -0.39 is 0 Å². The zero-order chi connectivity index (χ0) is 13.1. The summed E-state index contributed by atoms with van der Waals surface area (Å²) in [5.41, 5.74) is 1.23. The molecule has 1 aliphatic carbocycles. The lowest BCUT2D eigenvalue weighted by atomic mass is 10.0. The first kappa shape index (κ1) is 12.7. The van der Waals surface area contributed by atoms with Gasteiger partial charge in [-0.25, -0.2) is 0 Å². The molecule has 1 amide bonds. The van der Waals surface area contributed by atoms with Crippen LogP contribution in [0, 0.1) is 5.92 Å². The summed E-state index contributed by atoms with van der Waals surface area (Å²) in [4.78, 5) is 12.1. The van der Waals surface area contributed by atoms with E-state index in [0.29, 0.717) is 12.3 Å². The average Bonchev–Trinajstić information content (AvgIpc) is 3.15. The van der Waals surface area contributed by atoms with Crippen molar-refractivity contribution in [3.05, 3.63) is 35.9 Å². The minimum atomic E-state index is 0.132. The summed E-state index contributed by atoms with van der Waals surface area (Å²) in [6.45, 7) is 0.808. The Morgan fingerprint density at radius 2 is 2.05 bits per heavy atom. The van der Waals surface area contributed by atoms with Gasteiger partial charge in [0.15, 0.2) is 0 Å². The maximum atomic E-state index is 12.1. The third-order valence-electron chi connectivity index (χ3n) is 4.01. The Morgan fingerprint density at radius 3 is 2.68 bits per heavy atom. The van der Waals surface area contributed by atoms with E-state index in [1.165, 1.54) is 18.4 Å². The zero-order valence-electron chi connectivity index (χ0n) is 11.2. The van der Waals surface area contributed by atoms with E-state index in [1.54, 1.807) is 0 Å². The average molecular weight is 259 g/mol. The molecule has 2 fully saturated rings. The number of hydrogen-bond donors (Lipinski definition) is 1. The minimum absolute atomic E-state index is 0.132. The van der Waals surface area contributed by atoms with Crippen molar-refractivity contribution in [3.8, 4) is 0 Å². The van der Waals surface area contributed by atoms with Gasteiger partial charge in [0, 0.05) is 6.61 Å². The maximum absolute atomic E-state index is 12.1. The van der Waals surface area contributed by atoms with Crippen LogP contribution in [0.4, 0.5) is 0 Å². The van der Waals surface area contributed by atoms with Crippen molar-refractivity contribution in [1.29, 1.82) is 0 Å². The van der Waals surface area contributed by atoms with Crippen molar-refractivity contribution in [2.75, 3.05) is 6.61 Å². The number of rotatable bonds is 5. The van der Waals surface area contributed by atoms with Crippen LogP contribution in [0.25, 0.3) is 0 Å². The monoisotopic (exact) mass is 259 g/mol. The van der Waals surface area contributed by atoms with Crippen LogP contribution in [0.5, 0.6) is 0 Å². The van der Waals surface area contributed by atoms with E-state index in [-0.39, 0.29) is 18.1 Å². The maximum Gasteiger partial charge on any atom is 0.223 e. The molecule has 1 N–H and O–H groups in total. The molecule has 1 saturated heterocycles. The zero-order valence-corrected chi connectivity index (χ0v) is 11.2. The molecule has 1 aromatic rings. The van der Waals surface area contributed by atoms with Crippen LogP contribution in [0.3, 0.4) is 0 Å². The first-order valence-electron chi connectivity index (χ1n) is 7.29. The number of carbonyl (C=O) groups excluding carboxylic acids is 1. The number of nitrogens with one attached hydrogen (secondary N) is 1. The fourth-order valence-electron chi connectivity index (χ4n) is 2.81. The molecule has 19 heavy (non-hydrogen) atoms. The van der Waals surface area contributed by atoms with Gasteiger partial charge < -0.3 is 10.1 Å². The fourth-order valence-corrected chi connectivity index (χ4v) is 2.81. The predicted molar refractivity (Wildman–Crippen MR) is 73.6 cm³/mol. The van der Waals surface area contributed by atoms with Crippen LogP contribution >= 0.6 is 0 Å². The van der Waals surface area contributed by atoms with Gasteiger partial charge in [0.25, 0.3) is 0 Å². The van der Waals surface area contributed by atoms with Crippen LogP contribution in [-0.2, 0) is 9.53 Å². The fraction of sp³-hybridized carbons (Fsp3) is 0.562. The Kier molecular flexibility index (Phi) is 3.83. The minimum Gasteiger partial charge on any atom is -0.378 e. The lowest BCUT2D eigenvalue weighted by Gasteiger charge is -2.20. The molecule has 1 saturated carbocycles. The standard InChI is InChI=1S/C16H21NO2/c18-15(11-14-7-4-10-19-14)17-16(13-8-9-13)12-5-2-1-3-6-12/h1-3,5-6,13-14,16H,4,7-11H2,(H,17,18). The van der Waals surface area contributed by atoms with Crippen LogP contribution in [0.1, 0.15) is 43.7 Å². The second kappa shape index (κ2) is 5.74. The molecular weight excluding hydrogens is 238 g/mol. The van der Waals surface area contributed by atoms with E-state index >= 15 is 0 Å². The Hall–Kier alpha value is -1.35. The first-order chi connectivity index (χ1) is 9.33. The topological polar surface area (TPSA) is 38.3 Å². The number of benzene rings is 1. The molecule has 0 spiro atoms. The third kappa shape index (κ3) is 3.35. The highest BCUT2D eigenvalue weighted by Crippen LogP contribution is 2.41. The van der Waals surface area contributed by atoms with E-state index in [9.17, 15) is 4.79 Å². The van der Waals surface area contributed by atoms with Gasteiger partial charge in [0.2, 0.25) is 5.91 Å². The summed E-state index contributed by atoms with van der Waals surface area (Å²) < 4.78 is 5.53. The molecule has 1 aliphatic heterocycles. The molecule has 3 heteroatoms. The van der Waals surface area contributed by atoms with Gasteiger partial charge in [-0.2, -0.15) is 0 Å². The van der Waals surface area contributed by atoms with Gasteiger partial charge in [0.1, 0.15) is 0 Å². The highest BCUT2D eigenvalue weighted by atomic mass is 16.5. The summed E-state index contributed by atoms with van der Waals surface area (Å²) >= 11 is 0. The van der Waals surface area contributed by atoms with Crippen molar-refractivity contribution >= 4 is 5.91 Å². The molecule has 3 nitrogen and oxygen atoms in total. The Balaban J connectivity index is 1.60. The highest BCUT2D eigenvalue weighted by molar-refractivity contribution is 5.77. The van der Waals surface area contributed by atoms with Gasteiger partial charge in [-0.3, -0.25) is 4.79 Å². The first-order valence-corrected chi connectivity index (χ1v) is 7.29. The lowest BCUT2D eigenvalue weighted by molar-refractivity contribution is -0.124. The van der Waals surface area contributed by atoms with Crippen LogP contribution in [0.2, 0.25) is 0 Å². The van der Waals surface area contributed by atoms with Crippen LogP contribution < -0.4 is 5.32 Å². The molecule has 102 valence electrons. The van der Waals surface area contributed by atoms with Crippen LogP contribution in [-0.4, -0.2) is 18.6 Å². The van der Waals surface area contributed by atoms with Crippen molar-refractivity contribution in [3.63, 3.8) is 0 Å². The molecule has 2 atom stereocenters. The smallest absolute Gasteiger partial charge is 0.223 e. The largest absolute Gasteiger partial charge is 0.378 e. The van der Waals surface area contributed by atoms with Gasteiger partial charge in [-0.05, 0) is 37.2 Å². The number of carbonyl (C=O) groups is 1. The molecule has 2 unspecified atom stereocenters. The molecule has 0 bridgehead atoms. The number of hydrogen-bond acceptors (Lipinski definition) is 2. The summed E-state index contributed by atoms with van der Waals surface area (Å²) in [7, 11) is 0. The number of ether oxygens (including phenoxy) is 1. The summed E-state index contributed by atoms with van der Waals surface area (Å²) in [5.74, 6) is 0.753. The highest BCUT2D eigenvalue weighted by Gasteiger charge is 2.33. The van der Waals surface area contributed by atoms with Crippen molar-refractivity contribution in [2.24, 2.45) is 5.92 Å². The van der Waals surface area contributed by atoms with Crippen molar-refractivity contribution < 1.29 is 9.53 Å². The molecule has 3 rings (SSSR count). The predicted octanol–water partition coefficient (Wildman–Crippen LogP) is 2.82. The molecule has 2 aliphatic rings. The molecule has 0 aromatic heterocycles. The molecular formula is C16H21NO2. The van der Waals surface area contributed by atoms with E-state index in [4.69, 9.17) is 4.74 Å². The van der Waals surface area contributed by atoms with Gasteiger partial charge in [-0.15, -0.1) is 0 Å². The van der Waals surface area contributed by atoms with Crippen LogP contribution in [0.15, 0.2) is 30.3 Å². The number of amides is 1. The summed E-state index contributed by atoms with van der Waals surface area (Å²) in [6.07, 6.45) is 5.20. The van der Waals surface area contributed by atoms with E-state index in [1.807, 2.05) is 18.2 Å². The SMILES string of the molecule is O=C(CC1CCCO1)NC(c1ccccc1)C1CC1. The Bertz CT molecular complexity index is 422. The van der Waals surface area contributed by atoms with E-state index in [0.717, 1.165) is 19.4 Å². The summed E-state index contributed by atoms with van der Waals surface area (Å²) in [5, 5.41) is 3.20. The lowest BCUT2D eigenvalue weighted by Crippen LogP contribution is -2.32. The quantitative estimate of drug-likeness (QED) is 0.883. The summed E-state index contributed by atoms with van der Waals surface area (Å²) in [6, 6.07) is 10.5. The van der Waals surface area contributed by atoms with Gasteiger partial charge in [0.05, 0.1) is 18.6 Å².